The molecule has 0 spiro atoms. The van der Waals surface area contributed by atoms with E-state index >= 15 is 0 Å². The van der Waals surface area contributed by atoms with Crippen molar-refractivity contribution in [2.45, 2.75) is 38.5 Å². The van der Waals surface area contributed by atoms with E-state index in [-0.39, 0.29) is 12.3 Å². The number of nitrogens with one attached hydrogen (secondary N) is 2. The molecule has 0 saturated heterocycles. The molecule has 146 valence electrons. The van der Waals surface area contributed by atoms with Gasteiger partial charge in [-0.25, -0.2) is 0 Å². The van der Waals surface area contributed by atoms with Crippen LogP contribution < -0.4 is 19.5 Å². The first kappa shape index (κ1) is 19.1. The minimum atomic E-state index is 0.00384. The predicted molar refractivity (Wildman–Crippen MR) is 106 cm³/mol. The van der Waals surface area contributed by atoms with Gasteiger partial charge in [-0.15, -0.1) is 0 Å². The van der Waals surface area contributed by atoms with Crippen LogP contribution in [0.3, 0.4) is 0 Å². The smallest absolute Gasteiger partial charge is 0.224 e. The number of H-pyrrole nitrogens is 1. The highest BCUT2D eigenvalue weighted by Crippen LogP contribution is 2.44. The summed E-state index contributed by atoms with van der Waals surface area (Å²) in [5.74, 6) is 1.69. The molecule has 1 aliphatic rings. The van der Waals surface area contributed by atoms with Crippen LogP contribution in [0.1, 0.15) is 37.7 Å². The molecule has 0 fully saturated rings. The number of amides is 1. The molecule has 0 bridgehead atoms. The summed E-state index contributed by atoms with van der Waals surface area (Å²) in [4.78, 5) is 15.6. The van der Waals surface area contributed by atoms with Crippen molar-refractivity contribution in [1.82, 2.24) is 10.3 Å². The van der Waals surface area contributed by atoms with Crippen molar-refractivity contribution in [1.29, 1.82) is 0 Å². The van der Waals surface area contributed by atoms with Crippen molar-refractivity contribution in [2.75, 3.05) is 27.9 Å². The Bertz CT molecular complexity index is 838. The number of aromatic nitrogens is 1. The number of benzene rings is 1. The van der Waals surface area contributed by atoms with Crippen LogP contribution in [0.4, 0.5) is 0 Å². The SMILES string of the molecule is COc1cc2[nH]cc(CC(=O)NCCC3=CCCCC3)c2c(OC)c1OC. The Morgan fingerprint density at radius 1 is 1.15 bits per heavy atom. The average molecular weight is 372 g/mol. The molecule has 1 aliphatic carbocycles. The van der Waals surface area contributed by atoms with E-state index in [2.05, 4.69) is 16.4 Å². The summed E-state index contributed by atoms with van der Waals surface area (Å²) >= 11 is 0. The topological polar surface area (TPSA) is 72.6 Å². The first-order valence-corrected chi connectivity index (χ1v) is 9.41. The first-order valence-electron chi connectivity index (χ1n) is 9.41. The van der Waals surface area contributed by atoms with Gasteiger partial charge in [-0.05, 0) is 37.7 Å². The number of carbonyl (C=O) groups is 1. The minimum absolute atomic E-state index is 0.00384. The standard InChI is InChI=1S/C21H28N2O4/c1-25-17-12-16-19(21(27-3)20(17)26-2)15(13-23-16)11-18(24)22-10-9-14-7-5-4-6-8-14/h7,12-13,23H,4-6,8-11H2,1-3H3,(H,22,24). The van der Waals surface area contributed by atoms with Crippen molar-refractivity contribution >= 4 is 16.8 Å². The summed E-state index contributed by atoms with van der Waals surface area (Å²) < 4.78 is 16.4. The van der Waals surface area contributed by atoms with Crippen LogP contribution in [-0.4, -0.2) is 38.8 Å². The number of rotatable bonds is 8. The molecule has 0 unspecified atom stereocenters. The van der Waals surface area contributed by atoms with Gasteiger partial charge >= 0.3 is 0 Å². The number of fused-ring (bicyclic) bond motifs is 1. The van der Waals surface area contributed by atoms with E-state index in [1.807, 2.05) is 12.3 Å². The second kappa shape index (κ2) is 8.84. The number of carbonyl (C=O) groups excluding carboxylic acids is 1. The van der Waals surface area contributed by atoms with Gasteiger partial charge in [0.25, 0.3) is 0 Å². The summed E-state index contributed by atoms with van der Waals surface area (Å²) in [6, 6.07) is 1.85. The molecular weight excluding hydrogens is 344 g/mol. The highest BCUT2D eigenvalue weighted by Gasteiger charge is 2.20. The largest absolute Gasteiger partial charge is 0.493 e. The number of allylic oxidation sites excluding steroid dienone is 1. The highest BCUT2D eigenvalue weighted by atomic mass is 16.5. The number of aromatic amines is 1. The van der Waals surface area contributed by atoms with Gasteiger partial charge in [0, 0.05) is 24.2 Å². The first-order chi connectivity index (χ1) is 13.2. The van der Waals surface area contributed by atoms with Gasteiger partial charge in [0.2, 0.25) is 11.7 Å². The average Bonchev–Trinajstić information content (AvgIpc) is 3.09. The van der Waals surface area contributed by atoms with Gasteiger partial charge in [-0.3, -0.25) is 4.79 Å². The maximum absolute atomic E-state index is 12.4. The lowest BCUT2D eigenvalue weighted by molar-refractivity contribution is -0.120. The van der Waals surface area contributed by atoms with Crippen molar-refractivity contribution < 1.29 is 19.0 Å². The zero-order chi connectivity index (χ0) is 19.2. The fourth-order valence-electron chi connectivity index (χ4n) is 3.69. The van der Waals surface area contributed by atoms with E-state index in [0.717, 1.165) is 29.3 Å². The van der Waals surface area contributed by atoms with E-state index in [1.54, 1.807) is 21.3 Å². The maximum atomic E-state index is 12.4. The van der Waals surface area contributed by atoms with E-state index in [9.17, 15) is 4.79 Å². The van der Waals surface area contributed by atoms with Gasteiger partial charge in [0.1, 0.15) is 0 Å². The zero-order valence-electron chi connectivity index (χ0n) is 16.3. The molecule has 0 aliphatic heterocycles. The molecule has 1 aromatic heterocycles. The summed E-state index contributed by atoms with van der Waals surface area (Å²) in [5.41, 5.74) is 3.18. The third-order valence-electron chi connectivity index (χ3n) is 5.06. The molecule has 0 saturated carbocycles. The quantitative estimate of drug-likeness (QED) is 0.693. The second-order valence-electron chi connectivity index (χ2n) is 6.77. The summed E-state index contributed by atoms with van der Waals surface area (Å²) in [7, 11) is 4.75. The summed E-state index contributed by atoms with van der Waals surface area (Å²) in [5, 5.41) is 3.88. The predicted octanol–water partition coefficient (Wildman–Crippen LogP) is 3.74. The van der Waals surface area contributed by atoms with E-state index in [4.69, 9.17) is 14.2 Å². The van der Waals surface area contributed by atoms with E-state index < -0.39 is 0 Å². The molecule has 2 aromatic rings. The fraction of sp³-hybridized carbons (Fsp3) is 0.476. The van der Waals surface area contributed by atoms with Crippen molar-refractivity contribution in [3.63, 3.8) is 0 Å². The van der Waals surface area contributed by atoms with Gasteiger partial charge in [-0.1, -0.05) is 11.6 Å². The summed E-state index contributed by atoms with van der Waals surface area (Å²) in [6.45, 7) is 0.682. The molecule has 3 rings (SSSR count). The van der Waals surface area contributed by atoms with Gasteiger partial charge in [-0.2, -0.15) is 0 Å². The van der Waals surface area contributed by atoms with Gasteiger partial charge in [0.15, 0.2) is 11.5 Å². The van der Waals surface area contributed by atoms with Crippen LogP contribution in [0, 0.1) is 0 Å². The minimum Gasteiger partial charge on any atom is -0.493 e. The van der Waals surface area contributed by atoms with Gasteiger partial charge < -0.3 is 24.5 Å². The number of ether oxygens (including phenoxy) is 3. The molecule has 6 heteroatoms. The van der Waals surface area contributed by atoms with Crippen molar-refractivity contribution in [2.24, 2.45) is 0 Å². The molecule has 27 heavy (non-hydrogen) atoms. The highest BCUT2D eigenvalue weighted by molar-refractivity contribution is 5.96. The van der Waals surface area contributed by atoms with E-state index in [1.165, 1.54) is 24.8 Å². The summed E-state index contributed by atoms with van der Waals surface area (Å²) in [6.07, 6.45) is 10.3. The van der Waals surface area contributed by atoms with Crippen LogP contribution in [-0.2, 0) is 11.2 Å². The Labute approximate surface area is 159 Å². The Hall–Kier alpha value is -2.63. The lowest BCUT2D eigenvalue weighted by atomic mass is 9.97. The van der Waals surface area contributed by atoms with Crippen molar-refractivity contribution in [3.8, 4) is 17.2 Å². The molecule has 1 amide bonds. The molecule has 2 N–H and O–H groups in total. The fourth-order valence-corrected chi connectivity index (χ4v) is 3.69. The lowest BCUT2D eigenvalue weighted by Crippen LogP contribution is -2.26. The Morgan fingerprint density at radius 2 is 1.96 bits per heavy atom. The molecular formula is C21H28N2O4. The van der Waals surface area contributed by atoms with E-state index in [0.29, 0.717) is 23.8 Å². The van der Waals surface area contributed by atoms with Crippen LogP contribution in [0.25, 0.3) is 10.9 Å². The molecule has 0 radical (unpaired) electrons. The van der Waals surface area contributed by atoms with Gasteiger partial charge in [0.05, 0.1) is 33.3 Å². The third-order valence-corrected chi connectivity index (χ3v) is 5.06. The van der Waals surface area contributed by atoms with Crippen LogP contribution in [0.15, 0.2) is 23.9 Å². The van der Waals surface area contributed by atoms with Crippen LogP contribution >= 0.6 is 0 Å². The second-order valence-corrected chi connectivity index (χ2v) is 6.77. The van der Waals surface area contributed by atoms with Crippen LogP contribution in [0.2, 0.25) is 0 Å². The maximum Gasteiger partial charge on any atom is 0.224 e. The monoisotopic (exact) mass is 372 g/mol. The molecule has 0 atom stereocenters. The number of hydrogen-bond donors (Lipinski definition) is 2. The molecule has 1 aromatic carbocycles. The molecule has 1 heterocycles. The Balaban J connectivity index is 1.72. The number of hydrogen-bond acceptors (Lipinski definition) is 4. The Kier molecular flexibility index (Phi) is 6.27. The normalized spacial score (nSPS) is 14.0. The number of methoxy groups -OCH3 is 3. The van der Waals surface area contributed by atoms with Crippen LogP contribution in [0.5, 0.6) is 17.2 Å². The molecule has 6 nitrogen and oxygen atoms in total. The lowest BCUT2D eigenvalue weighted by Gasteiger charge is -2.14. The Morgan fingerprint density at radius 3 is 2.63 bits per heavy atom. The zero-order valence-corrected chi connectivity index (χ0v) is 16.3. The third kappa shape index (κ3) is 4.21. The van der Waals surface area contributed by atoms with Crippen molar-refractivity contribution in [3.05, 3.63) is 29.5 Å².